The molecule has 0 aromatic carbocycles. The first kappa shape index (κ1) is 12.2. The molecule has 98 valence electrons. The molecule has 2 aromatic heterocycles. The van der Waals surface area contributed by atoms with Gasteiger partial charge in [0.1, 0.15) is 5.65 Å². The van der Waals surface area contributed by atoms with Gasteiger partial charge in [-0.25, -0.2) is 13.4 Å². The van der Waals surface area contributed by atoms with E-state index in [4.69, 9.17) is 0 Å². The van der Waals surface area contributed by atoms with Gasteiger partial charge in [0.25, 0.3) is 0 Å². The quantitative estimate of drug-likeness (QED) is 0.916. The Morgan fingerprint density at radius 2 is 2.26 bits per heavy atom. The van der Waals surface area contributed by atoms with Gasteiger partial charge in [-0.2, -0.15) is 0 Å². The molecule has 5 heteroatoms. The third-order valence-corrected chi connectivity index (χ3v) is 5.06. The number of aromatic nitrogens is 2. The Bertz CT molecular complexity index is 785. The fraction of sp³-hybridized carbons (Fsp3) is 0.214. The highest BCUT2D eigenvalue weighted by Crippen LogP contribution is 2.30. The van der Waals surface area contributed by atoms with Gasteiger partial charge in [0.15, 0.2) is 0 Å². The van der Waals surface area contributed by atoms with Crippen LogP contribution in [0.1, 0.15) is 13.3 Å². The van der Waals surface area contributed by atoms with Crippen molar-refractivity contribution in [2.45, 2.75) is 18.2 Å². The van der Waals surface area contributed by atoms with Gasteiger partial charge in [-0.05, 0) is 30.5 Å². The average molecular weight is 274 g/mol. The van der Waals surface area contributed by atoms with E-state index in [2.05, 4.69) is 9.97 Å². The van der Waals surface area contributed by atoms with Gasteiger partial charge in [-0.1, -0.05) is 19.1 Å². The Hall–Kier alpha value is -1.88. The summed E-state index contributed by atoms with van der Waals surface area (Å²) in [5.41, 5.74) is 0.592. The minimum atomic E-state index is -3.48. The second kappa shape index (κ2) is 4.35. The Balaban J connectivity index is 2.18. The first-order chi connectivity index (χ1) is 9.09. The van der Waals surface area contributed by atoms with E-state index in [9.17, 15) is 8.42 Å². The first-order valence-corrected chi connectivity index (χ1v) is 7.63. The molecule has 0 aliphatic heterocycles. The second-order valence-corrected chi connectivity index (χ2v) is 6.66. The maximum Gasteiger partial charge on any atom is 0.208 e. The molecule has 1 unspecified atom stereocenters. The molecule has 19 heavy (non-hydrogen) atoms. The zero-order chi connectivity index (χ0) is 13.5. The van der Waals surface area contributed by atoms with Crippen LogP contribution in [0.15, 0.2) is 52.6 Å². The van der Waals surface area contributed by atoms with Gasteiger partial charge >= 0.3 is 0 Å². The monoisotopic (exact) mass is 274 g/mol. The Kier molecular flexibility index (Phi) is 2.78. The number of allylic oxidation sites excluding steroid dienone is 3. The number of hydrogen-bond donors (Lipinski definition) is 1. The van der Waals surface area contributed by atoms with Crippen molar-refractivity contribution in [1.82, 2.24) is 9.97 Å². The average Bonchev–Trinajstić information content (AvgIpc) is 2.83. The molecule has 0 radical (unpaired) electrons. The molecule has 0 amide bonds. The maximum absolute atomic E-state index is 12.6. The zero-order valence-corrected chi connectivity index (χ0v) is 11.3. The van der Waals surface area contributed by atoms with Crippen LogP contribution in [0.2, 0.25) is 0 Å². The van der Waals surface area contributed by atoms with E-state index in [0.29, 0.717) is 20.8 Å². The largest absolute Gasteiger partial charge is 0.345 e. The van der Waals surface area contributed by atoms with Gasteiger partial charge < -0.3 is 4.98 Å². The summed E-state index contributed by atoms with van der Waals surface area (Å²) >= 11 is 0. The molecule has 0 fully saturated rings. The molecule has 2 heterocycles. The maximum atomic E-state index is 12.6. The lowest BCUT2D eigenvalue weighted by atomic mass is 10.0. The van der Waals surface area contributed by atoms with Crippen molar-refractivity contribution in [1.29, 1.82) is 0 Å². The molecule has 1 aliphatic carbocycles. The highest BCUT2D eigenvalue weighted by Gasteiger charge is 2.24. The minimum Gasteiger partial charge on any atom is -0.345 e. The van der Waals surface area contributed by atoms with E-state index in [0.717, 1.165) is 6.42 Å². The number of rotatable bonds is 2. The molecule has 1 atom stereocenters. The Labute approximate surface area is 111 Å². The number of sulfone groups is 1. The third-order valence-electron chi connectivity index (χ3n) is 3.25. The summed E-state index contributed by atoms with van der Waals surface area (Å²) in [5, 5.41) is 0.634. The molecule has 3 rings (SSSR count). The molecule has 4 nitrogen and oxygen atoms in total. The van der Waals surface area contributed by atoms with Crippen LogP contribution in [0.5, 0.6) is 0 Å². The van der Waals surface area contributed by atoms with Crippen LogP contribution >= 0.6 is 0 Å². The van der Waals surface area contributed by atoms with Gasteiger partial charge in [-0.3, -0.25) is 0 Å². The van der Waals surface area contributed by atoms with Crippen LogP contribution in [0.3, 0.4) is 0 Å². The van der Waals surface area contributed by atoms with E-state index >= 15 is 0 Å². The number of nitrogens with one attached hydrogen (secondary N) is 1. The fourth-order valence-electron chi connectivity index (χ4n) is 2.26. The topological polar surface area (TPSA) is 62.8 Å². The van der Waals surface area contributed by atoms with E-state index in [1.165, 1.54) is 6.20 Å². The summed E-state index contributed by atoms with van der Waals surface area (Å²) in [5.74, 6) is 0.248. The smallest absolute Gasteiger partial charge is 0.208 e. The van der Waals surface area contributed by atoms with Crippen molar-refractivity contribution < 1.29 is 8.42 Å². The van der Waals surface area contributed by atoms with Gasteiger partial charge in [0.05, 0.1) is 9.80 Å². The van der Waals surface area contributed by atoms with Gasteiger partial charge in [-0.15, -0.1) is 0 Å². The predicted molar refractivity (Wildman–Crippen MR) is 74.3 cm³/mol. The van der Waals surface area contributed by atoms with Crippen molar-refractivity contribution in [2.75, 3.05) is 0 Å². The molecule has 2 aromatic rings. The van der Waals surface area contributed by atoms with Crippen molar-refractivity contribution >= 4 is 20.9 Å². The van der Waals surface area contributed by atoms with Crippen LogP contribution in [-0.2, 0) is 9.84 Å². The number of H-pyrrole nitrogens is 1. The second-order valence-electron chi connectivity index (χ2n) is 4.74. The van der Waals surface area contributed by atoms with Crippen LogP contribution in [0, 0.1) is 5.92 Å². The molecule has 0 spiro atoms. The fourth-order valence-corrected chi connectivity index (χ4v) is 3.87. The van der Waals surface area contributed by atoms with Crippen molar-refractivity contribution in [2.24, 2.45) is 5.92 Å². The number of hydrogen-bond acceptors (Lipinski definition) is 3. The molecular formula is C14H14N2O2S. The zero-order valence-electron chi connectivity index (χ0n) is 10.5. The molecular weight excluding hydrogens is 260 g/mol. The van der Waals surface area contributed by atoms with Crippen LogP contribution < -0.4 is 0 Å². The highest BCUT2D eigenvalue weighted by molar-refractivity contribution is 7.95. The normalized spacial score (nSPS) is 19.6. The van der Waals surface area contributed by atoms with Crippen molar-refractivity contribution in [3.8, 4) is 0 Å². The summed E-state index contributed by atoms with van der Waals surface area (Å²) in [4.78, 5) is 7.68. The lowest BCUT2D eigenvalue weighted by molar-refractivity contribution is 0.602. The lowest BCUT2D eigenvalue weighted by Gasteiger charge is -2.12. The predicted octanol–water partition coefficient (Wildman–Crippen LogP) is 2.82. The standard InChI is InChI=1S/C14H14N2O2S/c1-10-4-2-5-11(8-10)19(17,18)13-9-16-14-12(13)6-3-7-15-14/h2-3,5-10H,4H2,1H3,(H,15,16). The van der Waals surface area contributed by atoms with E-state index in [1.807, 2.05) is 19.1 Å². The molecule has 0 saturated heterocycles. The Morgan fingerprint density at radius 1 is 1.42 bits per heavy atom. The molecule has 0 saturated carbocycles. The number of aromatic amines is 1. The summed E-state index contributed by atoms with van der Waals surface area (Å²) < 4.78 is 25.3. The lowest BCUT2D eigenvalue weighted by Crippen LogP contribution is -2.07. The SMILES string of the molecule is CC1C=C(S(=O)(=O)c2c[nH]c3ncccc23)C=CC1. The van der Waals surface area contributed by atoms with E-state index < -0.39 is 9.84 Å². The van der Waals surface area contributed by atoms with E-state index in [1.54, 1.807) is 24.4 Å². The summed E-state index contributed by atoms with van der Waals surface area (Å²) in [6, 6.07) is 3.51. The number of fused-ring (bicyclic) bond motifs is 1. The summed E-state index contributed by atoms with van der Waals surface area (Å²) in [6.07, 6.45) is 9.44. The van der Waals surface area contributed by atoms with Crippen molar-refractivity contribution in [3.05, 3.63) is 47.7 Å². The van der Waals surface area contributed by atoms with Crippen LogP contribution in [0.4, 0.5) is 0 Å². The van der Waals surface area contributed by atoms with Crippen LogP contribution in [0.25, 0.3) is 11.0 Å². The first-order valence-electron chi connectivity index (χ1n) is 6.14. The number of nitrogens with zero attached hydrogens (tertiary/aromatic N) is 1. The Morgan fingerprint density at radius 3 is 3.05 bits per heavy atom. The molecule has 1 aliphatic rings. The third kappa shape index (κ3) is 2.00. The molecule has 0 bridgehead atoms. The van der Waals surface area contributed by atoms with Crippen LogP contribution in [-0.4, -0.2) is 18.4 Å². The van der Waals surface area contributed by atoms with Gasteiger partial charge in [0.2, 0.25) is 9.84 Å². The van der Waals surface area contributed by atoms with Gasteiger partial charge in [0, 0.05) is 17.8 Å². The minimum absolute atomic E-state index is 0.248. The van der Waals surface area contributed by atoms with Crippen molar-refractivity contribution in [3.63, 3.8) is 0 Å². The molecule has 1 N–H and O–H groups in total. The van der Waals surface area contributed by atoms with E-state index in [-0.39, 0.29) is 5.92 Å². The number of pyridine rings is 1. The highest BCUT2D eigenvalue weighted by atomic mass is 32.2. The summed E-state index contributed by atoms with van der Waals surface area (Å²) in [7, 11) is -3.48. The summed E-state index contributed by atoms with van der Waals surface area (Å²) in [6.45, 7) is 2.01.